The zero-order valence-corrected chi connectivity index (χ0v) is 9.71. The van der Waals surface area contributed by atoms with Crippen molar-refractivity contribution < 1.29 is 17.9 Å². The molecule has 17 heavy (non-hydrogen) atoms. The van der Waals surface area contributed by atoms with E-state index in [2.05, 4.69) is 10.3 Å². The van der Waals surface area contributed by atoms with E-state index >= 15 is 0 Å². The molecular weight excluding hydrogens is 233 g/mol. The Kier molecular flexibility index (Phi) is 4.74. The third-order valence-corrected chi connectivity index (χ3v) is 2.11. The Morgan fingerprint density at radius 2 is 2.12 bits per heavy atom. The second kappa shape index (κ2) is 5.86. The molecule has 1 rings (SSSR count). The zero-order chi connectivity index (χ0) is 12.9. The van der Waals surface area contributed by atoms with Gasteiger partial charge in [-0.1, -0.05) is 0 Å². The van der Waals surface area contributed by atoms with Gasteiger partial charge < -0.3 is 10.1 Å². The van der Waals surface area contributed by atoms with E-state index in [1.807, 2.05) is 13.8 Å². The lowest BCUT2D eigenvalue weighted by Crippen LogP contribution is -2.20. The summed E-state index contributed by atoms with van der Waals surface area (Å²) < 4.78 is 42.0. The molecule has 0 saturated heterocycles. The number of halogens is 3. The number of pyridine rings is 1. The highest BCUT2D eigenvalue weighted by molar-refractivity contribution is 5.36. The molecule has 6 heteroatoms. The molecule has 1 heterocycles. The van der Waals surface area contributed by atoms with Gasteiger partial charge in [0, 0.05) is 19.3 Å². The van der Waals surface area contributed by atoms with Crippen molar-refractivity contribution >= 4 is 5.82 Å². The molecular formula is C11H15F3N2O. The fourth-order valence-electron chi connectivity index (χ4n) is 1.26. The summed E-state index contributed by atoms with van der Waals surface area (Å²) in [6.07, 6.45) is -3.54. The minimum atomic E-state index is -4.34. The number of alkyl halides is 3. The van der Waals surface area contributed by atoms with E-state index < -0.39 is 11.7 Å². The van der Waals surface area contributed by atoms with Gasteiger partial charge in [0.1, 0.15) is 5.82 Å². The Labute approximate surface area is 98.0 Å². The van der Waals surface area contributed by atoms with Crippen LogP contribution in [0.2, 0.25) is 0 Å². The summed E-state index contributed by atoms with van der Waals surface area (Å²) in [4.78, 5) is 3.69. The predicted molar refractivity (Wildman–Crippen MR) is 58.8 cm³/mol. The van der Waals surface area contributed by atoms with E-state index in [0.29, 0.717) is 19.0 Å². The predicted octanol–water partition coefficient (Wildman–Crippen LogP) is 2.94. The Morgan fingerprint density at radius 3 is 2.59 bits per heavy atom. The van der Waals surface area contributed by atoms with Gasteiger partial charge >= 0.3 is 6.18 Å². The number of anilines is 1. The van der Waals surface area contributed by atoms with Gasteiger partial charge in [0.25, 0.3) is 0 Å². The molecule has 1 aromatic rings. The summed E-state index contributed by atoms with van der Waals surface area (Å²) in [5.74, 6) is 0.407. The van der Waals surface area contributed by atoms with Gasteiger partial charge in [-0.15, -0.1) is 0 Å². The topological polar surface area (TPSA) is 34.1 Å². The molecule has 0 saturated carbocycles. The van der Waals surface area contributed by atoms with E-state index in [-0.39, 0.29) is 6.10 Å². The molecule has 0 aliphatic rings. The average molecular weight is 248 g/mol. The van der Waals surface area contributed by atoms with Crippen LogP contribution in [0.4, 0.5) is 19.0 Å². The summed E-state index contributed by atoms with van der Waals surface area (Å²) in [6, 6.07) is 2.31. The fourth-order valence-corrected chi connectivity index (χ4v) is 1.26. The average Bonchev–Trinajstić information content (AvgIpc) is 2.26. The fraction of sp³-hybridized carbons (Fsp3) is 0.545. The van der Waals surface area contributed by atoms with Crippen molar-refractivity contribution in [3.05, 3.63) is 23.9 Å². The van der Waals surface area contributed by atoms with Crippen molar-refractivity contribution in [3.63, 3.8) is 0 Å². The van der Waals surface area contributed by atoms with Crippen LogP contribution < -0.4 is 5.32 Å². The van der Waals surface area contributed by atoms with Crippen LogP contribution in [0.1, 0.15) is 19.4 Å². The van der Waals surface area contributed by atoms with E-state index in [9.17, 15) is 13.2 Å². The van der Waals surface area contributed by atoms with Gasteiger partial charge in [-0.05, 0) is 26.0 Å². The lowest BCUT2D eigenvalue weighted by atomic mass is 10.3. The van der Waals surface area contributed by atoms with Gasteiger partial charge in [-0.2, -0.15) is 13.2 Å². The van der Waals surface area contributed by atoms with Crippen molar-refractivity contribution in [1.82, 2.24) is 4.98 Å². The molecule has 1 unspecified atom stereocenters. The number of hydrogen-bond donors (Lipinski definition) is 1. The second-order valence-corrected chi connectivity index (χ2v) is 3.58. The molecule has 0 radical (unpaired) electrons. The van der Waals surface area contributed by atoms with Gasteiger partial charge in [0.05, 0.1) is 11.7 Å². The Balaban J connectivity index is 2.51. The van der Waals surface area contributed by atoms with E-state index in [1.54, 1.807) is 0 Å². The van der Waals surface area contributed by atoms with Gasteiger partial charge in [0.2, 0.25) is 0 Å². The summed E-state index contributed by atoms with van der Waals surface area (Å²) in [5.41, 5.74) is -0.749. The summed E-state index contributed by atoms with van der Waals surface area (Å²) in [5, 5.41) is 2.90. The minimum Gasteiger partial charge on any atom is -0.377 e. The Hall–Kier alpha value is -1.30. The molecule has 0 fully saturated rings. The molecule has 1 aromatic heterocycles. The number of hydrogen-bond acceptors (Lipinski definition) is 3. The third kappa shape index (κ3) is 4.60. The lowest BCUT2D eigenvalue weighted by molar-refractivity contribution is -0.137. The number of nitrogens with one attached hydrogen (secondary N) is 1. The van der Waals surface area contributed by atoms with Crippen LogP contribution in [0.25, 0.3) is 0 Å². The largest absolute Gasteiger partial charge is 0.417 e. The van der Waals surface area contributed by atoms with Crippen molar-refractivity contribution in [2.45, 2.75) is 26.1 Å². The van der Waals surface area contributed by atoms with Crippen LogP contribution in [-0.4, -0.2) is 24.2 Å². The maximum Gasteiger partial charge on any atom is 0.417 e. The van der Waals surface area contributed by atoms with Crippen LogP contribution in [0, 0.1) is 0 Å². The first-order valence-corrected chi connectivity index (χ1v) is 5.32. The lowest BCUT2D eigenvalue weighted by Gasteiger charge is -2.13. The van der Waals surface area contributed by atoms with E-state index in [1.165, 1.54) is 6.07 Å². The van der Waals surface area contributed by atoms with E-state index in [0.717, 1.165) is 12.3 Å². The Morgan fingerprint density at radius 1 is 1.41 bits per heavy atom. The standard InChI is InChI=1S/C11H15F3N2O/c1-3-17-8(2)6-15-10-5-4-9(7-16-10)11(12,13)14/h4-5,7-8H,3,6H2,1-2H3,(H,15,16). The normalized spacial score (nSPS) is 13.5. The first-order chi connectivity index (χ1) is 7.93. The van der Waals surface area contributed by atoms with Crippen LogP contribution in [-0.2, 0) is 10.9 Å². The van der Waals surface area contributed by atoms with Crippen molar-refractivity contribution in [2.75, 3.05) is 18.5 Å². The summed E-state index contributed by atoms with van der Waals surface area (Å²) >= 11 is 0. The van der Waals surface area contributed by atoms with Crippen molar-refractivity contribution in [1.29, 1.82) is 0 Å². The summed E-state index contributed by atoms with van der Waals surface area (Å²) in [6.45, 7) is 4.86. The maximum atomic E-state index is 12.3. The molecule has 0 spiro atoms. The second-order valence-electron chi connectivity index (χ2n) is 3.58. The Bertz CT molecular complexity index is 338. The highest BCUT2D eigenvalue weighted by Gasteiger charge is 2.30. The maximum absolute atomic E-state index is 12.3. The molecule has 0 amide bonds. The van der Waals surface area contributed by atoms with Crippen LogP contribution in [0.3, 0.4) is 0 Å². The highest BCUT2D eigenvalue weighted by atomic mass is 19.4. The van der Waals surface area contributed by atoms with Crippen molar-refractivity contribution in [2.24, 2.45) is 0 Å². The van der Waals surface area contributed by atoms with E-state index in [4.69, 9.17) is 4.74 Å². The van der Waals surface area contributed by atoms with Gasteiger partial charge in [-0.25, -0.2) is 4.98 Å². The van der Waals surface area contributed by atoms with Crippen molar-refractivity contribution in [3.8, 4) is 0 Å². The highest BCUT2D eigenvalue weighted by Crippen LogP contribution is 2.28. The number of nitrogens with zero attached hydrogens (tertiary/aromatic N) is 1. The van der Waals surface area contributed by atoms with Crippen LogP contribution in [0.15, 0.2) is 18.3 Å². The first kappa shape index (κ1) is 13.8. The van der Waals surface area contributed by atoms with Crippen LogP contribution in [0.5, 0.6) is 0 Å². The first-order valence-electron chi connectivity index (χ1n) is 5.32. The smallest absolute Gasteiger partial charge is 0.377 e. The minimum absolute atomic E-state index is 0.0101. The van der Waals surface area contributed by atoms with Gasteiger partial charge in [-0.3, -0.25) is 0 Å². The molecule has 0 aliphatic heterocycles. The van der Waals surface area contributed by atoms with Crippen LogP contribution >= 0.6 is 0 Å². The molecule has 0 bridgehead atoms. The number of rotatable bonds is 5. The molecule has 0 aromatic carbocycles. The molecule has 1 atom stereocenters. The molecule has 96 valence electrons. The monoisotopic (exact) mass is 248 g/mol. The SMILES string of the molecule is CCOC(C)CNc1ccc(C(F)(F)F)cn1. The molecule has 3 nitrogen and oxygen atoms in total. The third-order valence-electron chi connectivity index (χ3n) is 2.11. The quantitative estimate of drug-likeness (QED) is 0.869. The zero-order valence-electron chi connectivity index (χ0n) is 9.71. The summed E-state index contributed by atoms with van der Waals surface area (Å²) in [7, 11) is 0. The molecule has 0 aliphatic carbocycles. The number of ether oxygens (including phenoxy) is 1. The molecule has 1 N–H and O–H groups in total. The van der Waals surface area contributed by atoms with Gasteiger partial charge in [0.15, 0.2) is 0 Å². The number of aromatic nitrogens is 1.